The van der Waals surface area contributed by atoms with E-state index in [1.807, 2.05) is 0 Å². The van der Waals surface area contributed by atoms with E-state index in [4.69, 9.17) is 0 Å². The minimum atomic E-state index is -3.93. The van der Waals surface area contributed by atoms with Crippen molar-refractivity contribution in [1.82, 2.24) is 4.31 Å². The molecule has 0 aliphatic heterocycles. The first kappa shape index (κ1) is 16.3. The van der Waals surface area contributed by atoms with E-state index >= 15 is 0 Å². The Kier molecular flexibility index (Phi) is 4.61. The Hall–Kier alpha value is -1.80. The summed E-state index contributed by atoms with van der Waals surface area (Å²) in [5.41, 5.74) is -0.335. The van der Waals surface area contributed by atoms with E-state index in [1.54, 1.807) is 6.92 Å². The molecule has 20 heavy (non-hydrogen) atoms. The van der Waals surface area contributed by atoms with Gasteiger partial charge in [0.25, 0.3) is 0 Å². The van der Waals surface area contributed by atoms with Crippen LogP contribution >= 0.6 is 0 Å². The molecular formula is C12H15FN2O4S. The lowest BCUT2D eigenvalue weighted by Crippen LogP contribution is -2.28. The molecule has 0 saturated heterocycles. The molecule has 0 spiro atoms. The van der Waals surface area contributed by atoms with Gasteiger partial charge in [-0.1, -0.05) is 12.2 Å². The molecule has 0 saturated carbocycles. The van der Waals surface area contributed by atoms with Crippen molar-refractivity contribution in [3.63, 3.8) is 0 Å². The molecule has 1 aromatic carbocycles. The van der Waals surface area contributed by atoms with Crippen LogP contribution in [0.4, 0.5) is 10.1 Å². The van der Waals surface area contributed by atoms with E-state index in [2.05, 4.69) is 6.58 Å². The Morgan fingerprint density at radius 2 is 2.05 bits per heavy atom. The fourth-order valence-electron chi connectivity index (χ4n) is 1.65. The third kappa shape index (κ3) is 3.20. The summed E-state index contributed by atoms with van der Waals surface area (Å²) in [5, 5.41) is 10.7. The smallest absolute Gasteiger partial charge is 0.258 e. The highest BCUT2D eigenvalue weighted by Gasteiger charge is 2.26. The molecular weight excluding hydrogens is 287 g/mol. The maximum Gasteiger partial charge on any atom is 0.306 e. The van der Waals surface area contributed by atoms with Crippen molar-refractivity contribution in [3.05, 3.63) is 45.8 Å². The number of sulfonamides is 1. The lowest BCUT2D eigenvalue weighted by atomic mass is 10.2. The van der Waals surface area contributed by atoms with Crippen LogP contribution in [-0.4, -0.2) is 31.2 Å². The maximum absolute atomic E-state index is 13.6. The van der Waals surface area contributed by atoms with Crippen molar-refractivity contribution in [2.75, 3.05) is 13.6 Å². The molecule has 0 N–H and O–H groups in total. The van der Waals surface area contributed by atoms with Gasteiger partial charge in [0.05, 0.1) is 9.82 Å². The van der Waals surface area contributed by atoms with Gasteiger partial charge in [0.2, 0.25) is 15.8 Å². The maximum atomic E-state index is 13.6. The molecule has 0 unspecified atom stereocenters. The lowest BCUT2D eigenvalue weighted by molar-refractivity contribution is -0.387. The summed E-state index contributed by atoms with van der Waals surface area (Å²) >= 11 is 0. The Labute approximate surface area is 116 Å². The van der Waals surface area contributed by atoms with Gasteiger partial charge in [-0.2, -0.15) is 8.70 Å². The first-order valence-electron chi connectivity index (χ1n) is 5.62. The molecule has 0 radical (unpaired) electrons. The highest BCUT2D eigenvalue weighted by molar-refractivity contribution is 7.89. The predicted octanol–water partition coefficient (Wildman–Crippen LogP) is 2.24. The van der Waals surface area contributed by atoms with E-state index in [-0.39, 0.29) is 17.0 Å². The number of rotatable bonds is 5. The molecule has 0 aromatic heterocycles. The number of nitro groups is 1. The van der Waals surface area contributed by atoms with E-state index in [0.29, 0.717) is 5.57 Å². The first-order chi connectivity index (χ1) is 9.07. The van der Waals surface area contributed by atoms with Crippen molar-refractivity contribution in [2.24, 2.45) is 0 Å². The summed E-state index contributed by atoms with van der Waals surface area (Å²) < 4.78 is 39.1. The highest BCUT2D eigenvalue weighted by Crippen LogP contribution is 2.26. The van der Waals surface area contributed by atoms with Crippen molar-refractivity contribution >= 4 is 15.7 Å². The van der Waals surface area contributed by atoms with Gasteiger partial charge in [-0.15, -0.1) is 0 Å². The molecule has 0 aliphatic carbocycles. The number of nitro benzene ring substituents is 1. The van der Waals surface area contributed by atoms with Crippen LogP contribution in [0.3, 0.4) is 0 Å². The zero-order valence-corrected chi connectivity index (χ0v) is 12.2. The van der Waals surface area contributed by atoms with Gasteiger partial charge in [0, 0.05) is 19.7 Å². The average Bonchev–Trinajstić information content (AvgIpc) is 2.30. The molecule has 0 aliphatic rings. The number of hydrogen-bond acceptors (Lipinski definition) is 4. The molecule has 1 aromatic rings. The number of aryl methyl sites for hydroxylation is 1. The fourth-order valence-corrected chi connectivity index (χ4v) is 2.98. The quantitative estimate of drug-likeness (QED) is 0.474. The number of benzene rings is 1. The number of likely N-dealkylation sites (N-methyl/N-ethyl adjacent to an activating group) is 1. The van der Waals surface area contributed by atoms with Crippen molar-refractivity contribution in [2.45, 2.75) is 18.7 Å². The molecule has 0 heterocycles. The molecule has 0 fully saturated rings. The molecule has 0 bridgehead atoms. The summed E-state index contributed by atoms with van der Waals surface area (Å²) in [4.78, 5) is 9.49. The Balaban J connectivity index is 3.40. The number of nitrogens with zero attached hydrogens (tertiary/aromatic N) is 2. The van der Waals surface area contributed by atoms with Gasteiger partial charge in [0.1, 0.15) is 0 Å². The standard InChI is InChI=1S/C12H15FN2O4S/c1-8(2)7-14(4)20(18,19)10-5-9(3)12(13)11(6-10)15(16)17/h5-6H,1,7H2,2-4H3. The normalized spacial score (nSPS) is 11.7. The van der Waals surface area contributed by atoms with Gasteiger partial charge >= 0.3 is 5.69 Å². The van der Waals surface area contributed by atoms with Crippen LogP contribution in [0.15, 0.2) is 29.2 Å². The van der Waals surface area contributed by atoms with Crippen molar-refractivity contribution < 1.29 is 17.7 Å². The molecule has 0 atom stereocenters. The third-order valence-corrected chi connectivity index (χ3v) is 4.39. The molecule has 8 heteroatoms. The Morgan fingerprint density at radius 3 is 2.50 bits per heavy atom. The van der Waals surface area contributed by atoms with Crippen LogP contribution in [0.2, 0.25) is 0 Å². The van der Waals surface area contributed by atoms with Crippen LogP contribution < -0.4 is 0 Å². The molecule has 0 amide bonds. The summed E-state index contributed by atoms with van der Waals surface area (Å²) in [6, 6.07) is 1.80. The van der Waals surface area contributed by atoms with Crippen molar-refractivity contribution in [3.8, 4) is 0 Å². The molecule has 110 valence electrons. The van der Waals surface area contributed by atoms with E-state index in [9.17, 15) is 22.9 Å². The van der Waals surface area contributed by atoms with E-state index in [0.717, 1.165) is 16.4 Å². The number of halogens is 1. The Bertz CT molecular complexity index is 670. The van der Waals surface area contributed by atoms with Crippen LogP contribution in [0, 0.1) is 22.9 Å². The number of hydrogen-bond donors (Lipinski definition) is 0. The van der Waals surface area contributed by atoms with Gasteiger partial charge in [-0.05, 0) is 25.5 Å². The molecule has 6 nitrogen and oxygen atoms in total. The second kappa shape index (κ2) is 5.68. The van der Waals surface area contributed by atoms with Crippen LogP contribution in [0.1, 0.15) is 12.5 Å². The monoisotopic (exact) mass is 302 g/mol. The second-order valence-electron chi connectivity index (χ2n) is 4.55. The van der Waals surface area contributed by atoms with Gasteiger partial charge in [-0.3, -0.25) is 10.1 Å². The summed E-state index contributed by atoms with van der Waals surface area (Å²) in [6.45, 7) is 6.62. The topological polar surface area (TPSA) is 80.5 Å². The largest absolute Gasteiger partial charge is 0.306 e. The molecule has 1 rings (SSSR count). The first-order valence-corrected chi connectivity index (χ1v) is 7.06. The minimum absolute atomic E-state index is 0.0759. The van der Waals surface area contributed by atoms with E-state index < -0.39 is 26.5 Å². The summed E-state index contributed by atoms with van der Waals surface area (Å²) in [7, 11) is -2.60. The van der Waals surface area contributed by atoms with Gasteiger partial charge in [0.15, 0.2) is 0 Å². The zero-order valence-electron chi connectivity index (χ0n) is 11.4. The third-order valence-electron chi connectivity index (χ3n) is 2.61. The Morgan fingerprint density at radius 1 is 1.50 bits per heavy atom. The summed E-state index contributed by atoms with van der Waals surface area (Å²) in [5.74, 6) is -1.03. The SMILES string of the molecule is C=C(C)CN(C)S(=O)(=O)c1cc(C)c(F)c([N+](=O)[O-])c1. The summed E-state index contributed by atoms with van der Waals surface area (Å²) in [6.07, 6.45) is 0. The average molecular weight is 302 g/mol. The highest BCUT2D eigenvalue weighted by atomic mass is 32.2. The van der Waals surface area contributed by atoms with Crippen LogP contribution in [0.5, 0.6) is 0 Å². The minimum Gasteiger partial charge on any atom is -0.258 e. The van der Waals surface area contributed by atoms with E-state index in [1.165, 1.54) is 14.0 Å². The van der Waals surface area contributed by atoms with Crippen LogP contribution in [-0.2, 0) is 10.0 Å². The zero-order chi connectivity index (χ0) is 15.7. The fraction of sp³-hybridized carbons (Fsp3) is 0.333. The van der Waals surface area contributed by atoms with Gasteiger partial charge in [-0.25, -0.2) is 8.42 Å². The van der Waals surface area contributed by atoms with Crippen LogP contribution in [0.25, 0.3) is 0 Å². The lowest BCUT2D eigenvalue weighted by Gasteiger charge is -2.17. The second-order valence-corrected chi connectivity index (χ2v) is 6.59. The predicted molar refractivity (Wildman–Crippen MR) is 72.4 cm³/mol. The van der Waals surface area contributed by atoms with Crippen molar-refractivity contribution in [1.29, 1.82) is 0 Å². The van der Waals surface area contributed by atoms with Gasteiger partial charge < -0.3 is 0 Å².